The van der Waals surface area contributed by atoms with Gasteiger partial charge in [0, 0.05) is 73.1 Å². The van der Waals surface area contributed by atoms with Crippen LogP contribution in [-0.4, -0.2) is 267 Å². The summed E-state index contributed by atoms with van der Waals surface area (Å²) >= 11 is 22.7. The van der Waals surface area contributed by atoms with E-state index >= 15 is 28.8 Å². The number of ether oxygens (including phenoxy) is 6. The fourth-order valence-corrected chi connectivity index (χ4v) is 20.1. The fraction of sp³-hybridized carbons (Fsp3) is 0.418. The molecule has 0 radical (unpaired) electrons. The van der Waals surface area contributed by atoms with Crippen LogP contribution in [0.4, 0.5) is 5.13 Å². The van der Waals surface area contributed by atoms with Gasteiger partial charge in [-0.1, -0.05) is 83.3 Å². The number of aromatic hydroxyl groups is 3. The molecule has 3 saturated heterocycles. The first-order chi connectivity index (χ1) is 67.4. The Morgan fingerprint density at radius 1 is 0.775 bits per heavy atom. The third kappa shape index (κ3) is 22.6. The number of phenols is 3. The second-order valence-corrected chi connectivity index (χ2v) is 38.6. The van der Waals surface area contributed by atoms with Crippen LogP contribution in [-0.2, 0) is 89.7 Å². The number of carboxylic acids is 1. The van der Waals surface area contributed by atoms with Crippen molar-refractivity contribution < 1.29 is 146 Å². The van der Waals surface area contributed by atoms with Gasteiger partial charge in [0.2, 0.25) is 65.2 Å². The van der Waals surface area contributed by atoms with Crippen molar-refractivity contribution in [1.29, 1.82) is 0 Å². The number of anilines is 1. The zero-order valence-electron chi connectivity index (χ0n) is 76.5. The largest absolute Gasteiger partial charge is 0.543 e. The number of likely N-dealkylation sites (N-methyl/N-ethyl adjacent to an activating group) is 1. The maximum Gasteiger partial charge on any atom is 0.276 e. The Morgan fingerprint density at radius 2 is 1.44 bits per heavy atom. The van der Waals surface area contributed by atoms with Gasteiger partial charge in [-0.3, -0.25) is 57.6 Å². The van der Waals surface area contributed by atoms with Gasteiger partial charge >= 0.3 is 0 Å². The normalized spacial score (nSPS) is 26.4. The average molecular weight is 2070 g/mol. The highest BCUT2D eigenvalue weighted by Gasteiger charge is 2.56. The molecule has 7 aromatic rings. The molecule has 46 nitrogen and oxygen atoms in total. The lowest BCUT2D eigenvalue weighted by atomic mass is 9.86. The number of thioether (sulfide) groups is 1. The van der Waals surface area contributed by atoms with E-state index in [1.807, 2.05) is 0 Å². The molecule has 0 spiro atoms. The van der Waals surface area contributed by atoms with Gasteiger partial charge in [-0.2, -0.15) is 0 Å². The van der Waals surface area contributed by atoms with E-state index in [9.17, 15) is 79.8 Å². The SMILES string of the molecule is CCN(Cc1cc[n+](CC2=C(C(=O)[O-])N3C(=O)[C@@H](NC(=O)/C(=N/OC)c4nc(N)sc4Cl)C3SC2)cc1)C(=O)CCNC(=O)C1NC(=O)[C@H]2NC(=O)[C@H](NC(=O)[C@@H]3NC(=O)[C@H](CC(N)=O)NC(=O)[C@H](NC(=O)[C@@H](CC(C)C)NC)[C@H](O)c4ccc(c(Cl)c4)Oc4cc3cc(c4O[C@H]3O[C@@H](CO)[C@H](O)[C@@H](O)[C@@H]3O[C@@H]3C[C@@](C)(N)[C@@H](O)[C@@H](C)O3)Oc3ccc(cc3Cl)[C@H]2O)c2ccc(O)cc2-c2c(O)cc(O)cc21. The lowest BCUT2D eigenvalue weighted by Crippen LogP contribution is -2.71. The summed E-state index contributed by atoms with van der Waals surface area (Å²) in [6.45, 7) is 6.70. The Kier molecular flexibility index (Phi) is 32.4. The van der Waals surface area contributed by atoms with Crippen molar-refractivity contribution in [2.45, 2.75) is 194 Å². The second kappa shape index (κ2) is 43.9. The van der Waals surface area contributed by atoms with Crippen molar-refractivity contribution in [3.63, 3.8) is 0 Å². The summed E-state index contributed by atoms with van der Waals surface area (Å²) in [7, 11) is 2.63. The van der Waals surface area contributed by atoms with E-state index in [1.165, 1.54) is 56.8 Å². The van der Waals surface area contributed by atoms with Crippen molar-refractivity contribution in [3.05, 3.63) is 168 Å². The molecule has 3 fully saturated rings. The van der Waals surface area contributed by atoms with Crippen molar-refractivity contribution in [2.75, 3.05) is 45.3 Å². The van der Waals surface area contributed by atoms with Gasteiger partial charge in [0.15, 0.2) is 53.7 Å². The van der Waals surface area contributed by atoms with Gasteiger partial charge in [0.1, 0.15) is 124 Å². The van der Waals surface area contributed by atoms with Crippen LogP contribution in [0.1, 0.15) is 130 Å². The Labute approximate surface area is 831 Å². The molecule has 9 bridgehead atoms. The monoisotopic (exact) mass is 2070 g/mol. The molecule has 24 N–H and O–H groups in total. The van der Waals surface area contributed by atoms with Crippen LogP contribution < -0.4 is 88.9 Å². The molecule has 0 saturated carbocycles. The predicted molar refractivity (Wildman–Crippen MR) is 499 cm³/mol. The quantitative estimate of drug-likeness (QED) is 0.0134. The van der Waals surface area contributed by atoms with E-state index in [0.717, 1.165) is 83.0 Å². The third-order valence-electron chi connectivity index (χ3n) is 24.6. The van der Waals surface area contributed by atoms with Gasteiger partial charge in [-0.15, -0.1) is 11.8 Å². The van der Waals surface area contributed by atoms with Crippen LogP contribution in [0.2, 0.25) is 14.4 Å². The summed E-state index contributed by atoms with van der Waals surface area (Å²) in [6, 6.07) is 0.806. The molecule has 9 aliphatic heterocycles. The Hall–Kier alpha value is -12.9. The van der Waals surface area contributed by atoms with Crippen LogP contribution in [0.3, 0.4) is 0 Å². The van der Waals surface area contributed by atoms with Crippen LogP contribution in [0.25, 0.3) is 11.1 Å². The lowest BCUT2D eigenvalue weighted by molar-refractivity contribution is -0.689. The summed E-state index contributed by atoms with van der Waals surface area (Å²) in [4.78, 5) is 188. The number of hydrogen-bond donors (Lipinski definition) is 21. The number of carboxylic acid groups (broad SMARTS) is 1. The number of aromatic nitrogens is 2. The Bertz CT molecular complexity index is 6180. The van der Waals surface area contributed by atoms with Gasteiger partial charge in [-0.25, -0.2) is 9.55 Å². The number of fused-ring (bicyclic) bond motifs is 15. The van der Waals surface area contributed by atoms with Crippen LogP contribution in [0.5, 0.6) is 46.0 Å². The number of carbonyl (C=O) groups excluding carboxylic acids is 12. The number of carbonyl (C=O) groups is 12. The third-order valence-corrected chi connectivity index (χ3v) is 27.6. The van der Waals surface area contributed by atoms with E-state index in [0.29, 0.717) is 5.56 Å². The molecule has 2 unspecified atom stereocenters. The molecule has 20 atom stereocenters. The molecule has 758 valence electrons. The molecule has 142 heavy (non-hydrogen) atoms. The molecule has 16 rings (SSSR count). The maximum absolute atomic E-state index is 16.6. The number of halogens is 3. The molecule has 2 aromatic heterocycles. The molecule has 5 aromatic carbocycles. The number of oxime groups is 1. The highest BCUT2D eigenvalue weighted by Crippen LogP contribution is 2.51. The summed E-state index contributed by atoms with van der Waals surface area (Å²) in [5.74, 6) is -19.8. The predicted octanol–water partition coefficient (Wildman–Crippen LogP) is -0.989. The molecule has 0 aliphatic carbocycles. The van der Waals surface area contributed by atoms with E-state index in [4.69, 9.17) is 85.3 Å². The molecule has 51 heteroatoms. The number of phenolic OH excluding ortho intramolecular Hbond substituents is 3. The molecule has 11 heterocycles. The number of nitrogens with zero attached hydrogens (tertiary/aromatic N) is 5. The number of amides is 11. The zero-order valence-corrected chi connectivity index (χ0v) is 80.4. The number of primary amides is 1. The first-order valence-corrected chi connectivity index (χ1v) is 47.4. The number of nitrogens with two attached hydrogens (primary N) is 3. The standard InChI is InChI=1S/C91H102Cl3N17O29S2/c1-8-110(31-37-16-19-109(20-17-37)32-41-34-141-87-68(86(131)111(87)69(41)88(132)133)106-83(128)65(108-134-7)64-77(94)142-90(96)107-64)58(117)15-18-99-80(125)63-46-27-43(114)28-51(115)60(46)45-26-42(113)11-12-44(45)62-82(127)105-67(85(130)103-63)71(119)39-10-14-53(48(93)23-39)137-55-25-40-24-54(74(55)140-89-75(73(121)72(120)56(33-112)138-89)139-59-30-91(5,97)76(122)36(4)135-59)136-52-13-9-38(22-47(52)92)70(118)66(104-78(123)49(98-6)21-35(2)3)84(129)100-50(29-57(95)116)79(124)101-61(40)81(126)102-62/h9-14,16-17,19-20,22-28,35-36,49-50,56,59,61-63,66-68,70-73,75-76,87,89,98,112,118-122H,8,15,18,21,29-34,97H2,1-7H3,(H15-,95,96,99,100,101,102,103,104,105,106,107,113,114,115,116,123,124,125,126,127,128,129,130,132,133)/b108-65+/t36-,49-,50+,56+,59-,61-,62-,63?,66-,67+,68-,70-,71-,72+,73-,75+,76+,87?,89-,91-/m1/s1. The minimum Gasteiger partial charge on any atom is -0.543 e. The van der Waals surface area contributed by atoms with E-state index < -0.39 is 301 Å². The van der Waals surface area contributed by atoms with E-state index in [2.05, 4.69) is 58.0 Å². The number of rotatable bonds is 26. The summed E-state index contributed by atoms with van der Waals surface area (Å²) < 4.78 is 40.4. The molecule has 9 aliphatic rings. The van der Waals surface area contributed by atoms with Crippen LogP contribution in [0.15, 0.2) is 120 Å². The smallest absolute Gasteiger partial charge is 0.276 e. The highest BCUT2D eigenvalue weighted by atomic mass is 35.5. The van der Waals surface area contributed by atoms with Gasteiger partial charge in [0.05, 0.1) is 53.0 Å². The molecular formula is C91H102Cl3N17O29S2. The van der Waals surface area contributed by atoms with Crippen molar-refractivity contribution in [3.8, 4) is 57.1 Å². The number of aliphatic hydroxyl groups excluding tert-OH is 6. The number of aliphatic hydroxyl groups is 6. The lowest BCUT2D eigenvalue weighted by Gasteiger charge is -2.50. The van der Waals surface area contributed by atoms with Gasteiger partial charge in [0.25, 0.3) is 11.8 Å². The number of nitrogens with one attached hydrogen (secondary N) is 9. The number of nitrogen functional groups attached to an aromatic ring is 1. The minimum atomic E-state index is -2.45. The first-order valence-electron chi connectivity index (χ1n) is 44.4. The number of thiazole rings is 1. The van der Waals surface area contributed by atoms with Crippen molar-refractivity contribution in [2.24, 2.45) is 22.5 Å². The second-order valence-electron chi connectivity index (χ2n) is 35.1. The fourth-order valence-electron chi connectivity index (χ4n) is 17.4. The first kappa shape index (κ1) is 105. The van der Waals surface area contributed by atoms with Gasteiger partial charge < -0.3 is 159 Å². The molecule has 11 amide bonds. The van der Waals surface area contributed by atoms with Crippen LogP contribution in [0, 0.1) is 5.92 Å². The maximum atomic E-state index is 16.6. The Balaban J connectivity index is 0.820. The average Bonchev–Trinajstić information content (AvgIpc) is 0.850. The minimum absolute atomic E-state index is 0.0179. The number of benzene rings is 5. The van der Waals surface area contributed by atoms with E-state index in [1.54, 1.807) is 49.9 Å². The summed E-state index contributed by atoms with van der Waals surface area (Å²) in [5, 5.41) is 144. The van der Waals surface area contributed by atoms with Crippen molar-refractivity contribution in [1.82, 2.24) is 62.6 Å². The number of aliphatic carboxylic acids is 1. The van der Waals surface area contributed by atoms with Crippen LogP contribution >= 0.6 is 57.9 Å². The topological polar surface area (TPSA) is 697 Å². The van der Waals surface area contributed by atoms with E-state index in [-0.39, 0.29) is 87.5 Å². The van der Waals surface area contributed by atoms with Crippen molar-refractivity contribution >= 4 is 140 Å². The molecular weight excluding hydrogens is 1970 g/mol. The zero-order chi connectivity index (χ0) is 103. The van der Waals surface area contributed by atoms with Gasteiger partial charge in [-0.05, 0) is 134 Å². The summed E-state index contributed by atoms with van der Waals surface area (Å²) in [6.07, 6.45) is -16.5. The number of β-lactam (4-membered cyclic amide) rings is 1. The highest BCUT2D eigenvalue weighted by molar-refractivity contribution is 8.00. The number of pyridine rings is 1. The summed E-state index contributed by atoms with van der Waals surface area (Å²) in [5.41, 5.74) is 13.6. The Morgan fingerprint density at radius 3 is 2.04 bits per heavy atom. The number of hydrogen-bond acceptors (Lipinski definition) is 36.